The minimum atomic E-state index is 0.134. The Morgan fingerprint density at radius 1 is 1.33 bits per heavy atom. The predicted molar refractivity (Wildman–Crippen MR) is 63.4 cm³/mol. The summed E-state index contributed by atoms with van der Waals surface area (Å²) in [4.78, 5) is 0. The Morgan fingerprint density at radius 2 is 2.00 bits per heavy atom. The Bertz CT molecular complexity index is 173. The van der Waals surface area contributed by atoms with Crippen LogP contribution in [-0.4, -0.2) is 20.0 Å². The first-order valence-electron chi connectivity index (χ1n) is 5.74. The third kappa shape index (κ3) is 5.81. The van der Waals surface area contributed by atoms with E-state index in [-0.39, 0.29) is 12.0 Å². The van der Waals surface area contributed by atoms with Gasteiger partial charge in [-0.3, -0.25) is 0 Å². The third-order valence-electron chi connectivity index (χ3n) is 2.55. The molecule has 0 bridgehead atoms. The first-order valence-corrected chi connectivity index (χ1v) is 5.74. The fourth-order valence-corrected chi connectivity index (χ4v) is 1.66. The highest BCUT2D eigenvalue weighted by atomic mass is 16.7. The molecule has 0 aromatic carbocycles. The van der Waals surface area contributed by atoms with Crippen LogP contribution in [0.15, 0.2) is 0 Å². The van der Waals surface area contributed by atoms with Gasteiger partial charge in [-0.2, -0.15) is 0 Å². The summed E-state index contributed by atoms with van der Waals surface area (Å²) in [6.07, 6.45) is 9.02. The lowest BCUT2D eigenvalue weighted by molar-refractivity contribution is -0.0918. The van der Waals surface area contributed by atoms with Crippen LogP contribution in [0.1, 0.15) is 40.0 Å². The van der Waals surface area contributed by atoms with Crippen molar-refractivity contribution in [3.05, 3.63) is 0 Å². The molecule has 0 rings (SSSR count). The molecule has 0 N–H and O–H groups in total. The van der Waals surface area contributed by atoms with E-state index in [0.717, 1.165) is 12.8 Å². The fourth-order valence-electron chi connectivity index (χ4n) is 1.66. The van der Waals surface area contributed by atoms with Crippen LogP contribution in [0.4, 0.5) is 0 Å². The Kier molecular flexibility index (Phi) is 8.46. The summed E-state index contributed by atoms with van der Waals surface area (Å²) < 4.78 is 10.6. The summed E-state index contributed by atoms with van der Waals surface area (Å²) in [6, 6.07) is 0. The number of terminal acetylenes is 1. The molecule has 15 heavy (non-hydrogen) atoms. The molecular formula is C13H24O2. The van der Waals surface area contributed by atoms with Gasteiger partial charge in [0, 0.05) is 13.0 Å². The monoisotopic (exact) mass is 212 g/mol. The SMILES string of the molecule is C#C[C@@H](C(C)C)[C@@H](CCCC)OCOC. The van der Waals surface area contributed by atoms with E-state index in [1.165, 1.54) is 6.42 Å². The summed E-state index contributed by atoms with van der Waals surface area (Å²) in [5, 5.41) is 0. The molecule has 0 saturated heterocycles. The van der Waals surface area contributed by atoms with Crippen molar-refractivity contribution in [2.75, 3.05) is 13.9 Å². The Balaban J connectivity index is 4.24. The molecule has 0 spiro atoms. The van der Waals surface area contributed by atoms with Crippen molar-refractivity contribution in [2.45, 2.75) is 46.1 Å². The van der Waals surface area contributed by atoms with Gasteiger partial charge in [0.1, 0.15) is 6.79 Å². The highest BCUT2D eigenvalue weighted by Gasteiger charge is 2.22. The fraction of sp³-hybridized carbons (Fsp3) is 0.846. The number of methoxy groups -OCH3 is 1. The Morgan fingerprint density at radius 3 is 2.40 bits per heavy atom. The van der Waals surface area contributed by atoms with Crippen LogP contribution in [0.3, 0.4) is 0 Å². The van der Waals surface area contributed by atoms with Crippen molar-refractivity contribution in [1.82, 2.24) is 0 Å². The lowest BCUT2D eigenvalue weighted by atomic mass is 9.88. The molecule has 0 radical (unpaired) electrons. The van der Waals surface area contributed by atoms with Gasteiger partial charge >= 0.3 is 0 Å². The van der Waals surface area contributed by atoms with Gasteiger partial charge in [0.15, 0.2) is 0 Å². The van der Waals surface area contributed by atoms with Crippen LogP contribution in [0, 0.1) is 24.2 Å². The molecule has 0 aromatic rings. The highest BCUT2D eigenvalue weighted by Crippen LogP contribution is 2.21. The van der Waals surface area contributed by atoms with Crippen LogP contribution in [-0.2, 0) is 9.47 Å². The molecule has 0 aromatic heterocycles. The summed E-state index contributed by atoms with van der Waals surface area (Å²) in [7, 11) is 1.64. The van der Waals surface area contributed by atoms with Gasteiger partial charge in [-0.15, -0.1) is 12.3 Å². The molecule has 0 saturated carbocycles. The summed E-state index contributed by atoms with van der Waals surface area (Å²) in [5.74, 6) is 3.48. The zero-order valence-electron chi connectivity index (χ0n) is 10.5. The molecule has 0 aliphatic carbocycles. The van der Waals surface area contributed by atoms with Gasteiger partial charge in [0.2, 0.25) is 0 Å². The van der Waals surface area contributed by atoms with Crippen molar-refractivity contribution in [1.29, 1.82) is 0 Å². The number of hydrogen-bond acceptors (Lipinski definition) is 2. The van der Waals surface area contributed by atoms with Crippen molar-refractivity contribution < 1.29 is 9.47 Å². The third-order valence-corrected chi connectivity index (χ3v) is 2.55. The van der Waals surface area contributed by atoms with E-state index < -0.39 is 0 Å². The number of rotatable bonds is 8. The van der Waals surface area contributed by atoms with Crippen LogP contribution in [0.2, 0.25) is 0 Å². The molecule has 0 unspecified atom stereocenters. The van der Waals surface area contributed by atoms with Gasteiger partial charge in [0.05, 0.1) is 6.10 Å². The van der Waals surface area contributed by atoms with Gasteiger partial charge in [-0.1, -0.05) is 33.6 Å². The van der Waals surface area contributed by atoms with E-state index >= 15 is 0 Å². The summed E-state index contributed by atoms with van der Waals surface area (Å²) in [6.45, 7) is 6.78. The first kappa shape index (κ1) is 14.5. The molecule has 0 aliphatic heterocycles. The Hall–Kier alpha value is -0.520. The second-order valence-corrected chi connectivity index (χ2v) is 4.19. The lowest BCUT2D eigenvalue weighted by Crippen LogP contribution is -2.28. The van der Waals surface area contributed by atoms with Crippen molar-refractivity contribution in [3.8, 4) is 12.3 Å². The lowest BCUT2D eigenvalue weighted by Gasteiger charge is -2.26. The van der Waals surface area contributed by atoms with Crippen LogP contribution >= 0.6 is 0 Å². The van der Waals surface area contributed by atoms with Gasteiger partial charge in [-0.05, 0) is 12.3 Å². The molecule has 0 amide bonds. The second kappa shape index (κ2) is 8.76. The topological polar surface area (TPSA) is 18.5 Å². The van der Waals surface area contributed by atoms with E-state index in [9.17, 15) is 0 Å². The quantitative estimate of drug-likeness (QED) is 0.455. The minimum absolute atomic E-state index is 0.134. The van der Waals surface area contributed by atoms with Crippen LogP contribution < -0.4 is 0 Å². The molecule has 88 valence electrons. The summed E-state index contributed by atoms with van der Waals surface area (Å²) in [5.41, 5.74) is 0. The van der Waals surface area contributed by atoms with E-state index in [4.69, 9.17) is 15.9 Å². The van der Waals surface area contributed by atoms with E-state index in [1.54, 1.807) is 7.11 Å². The van der Waals surface area contributed by atoms with Gasteiger partial charge < -0.3 is 9.47 Å². The van der Waals surface area contributed by atoms with E-state index in [1.807, 2.05) is 0 Å². The molecule has 0 fully saturated rings. The number of ether oxygens (including phenoxy) is 2. The maximum Gasteiger partial charge on any atom is 0.146 e. The normalized spacial score (nSPS) is 14.9. The van der Waals surface area contributed by atoms with Gasteiger partial charge in [0.25, 0.3) is 0 Å². The Labute approximate surface area is 94.3 Å². The van der Waals surface area contributed by atoms with Crippen molar-refractivity contribution in [2.24, 2.45) is 11.8 Å². The smallest absolute Gasteiger partial charge is 0.146 e. The van der Waals surface area contributed by atoms with Crippen molar-refractivity contribution in [3.63, 3.8) is 0 Å². The molecule has 0 aliphatic rings. The predicted octanol–water partition coefficient (Wildman–Crippen LogP) is 3.07. The van der Waals surface area contributed by atoms with Crippen LogP contribution in [0.5, 0.6) is 0 Å². The average Bonchev–Trinajstić information content (AvgIpc) is 2.21. The van der Waals surface area contributed by atoms with E-state index in [2.05, 4.69) is 26.7 Å². The number of hydrogen-bond donors (Lipinski definition) is 0. The zero-order valence-corrected chi connectivity index (χ0v) is 10.5. The minimum Gasteiger partial charge on any atom is -0.359 e. The van der Waals surface area contributed by atoms with Crippen LogP contribution in [0.25, 0.3) is 0 Å². The molecule has 0 heterocycles. The van der Waals surface area contributed by atoms with Crippen molar-refractivity contribution >= 4 is 0 Å². The molecule has 2 nitrogen and oxygen atoms in total. The summed E-state index contributed by atoms with van der Waals surface area (Å²) >= 11 is 0. The molecule has 2 atom stereocenters. The zero-order chi connectivity index (χ0) is 11.7. The first-order chi connectivity index (χ1) is 7.17. The standard InChI is InChI=1S/C13H24O2/c1-6-8-9-13(15-10-14-5)12(7-2)11(3)4/h2,11-13H,6,8-10H2,1,3-5H3/t12-,13+/m0/s1. The maximum absolute atomic E-state index is 5.64. The van der Waals surface area contributed by atoms with E-state index in [0.29, 0.717) is 12.7 Å². The number of unbranched alkanes of at least 4 members (excludes halogenated alkanes) is 1. The molecule has 2 heteroatoms. The molecular weight excluding hydrogens is 188 g/mol. The second-order valence-electron chi connectivity index (χ2n) is 4.19. The largest absolute Gasteiger partial charge is 0.359 e. The maximum atomic E-state index is 5.64. The van der Waals surface area contributed by atoms with Gasteiger partial charge in [-0.25, -0.2) is 0 Å². The average molecular weight is 212 g/mol. The highest BCUT2D eigenvalue weighted by molar-refractivity contribution is 4.98.